The SMILES string of the molecule is N#Cc1cccc(COc2cccc(NC(=O)Cn3ncc4ccccc4c3=O)c2)c1. The number of aromatic nitrogens is 2. The minimum absolute atomic E-state index is 0.199. The molecule has 1 amide bonds. The maximum absolute atomic E-state index is 12.5. The van der Waals surface area contributed by atoms with Crippen molar-refractivity contribution in [1.29, 1.82) is 5.26 Å². The highest BCUT2D eigenvalue weighted by Gasteiger charge is 2.09. The van der Waals surface area contributed by atoms with Crippen molar-refractivity contribution < 1.29 is 9.53 Å². The Kier molecular flexibility index (Phi) is 5.72. The third-order valence-electron chi connectivity index (χ3n) is 4.63. The van der Waals surface area contributed by atoms with E-state index in [1.54, 1.807) is 66.9 Å². The quantitative estimate of drug-likeness (QED) is 0.525. The van der Waals surface area contributed by atoms with Crippen LogP contribution in [-0.2, 0) is 17.9 Å². The highest BCUT2D eigenvalue weighted by Crippen LogP contribution is 2.19. The fourth-order valence-electron chi connectivity index (χ4n) is 3.14. The van der Waals surface area contributed by atoms with Crippen LogP contribution >= 0.6 is 0 Å². The lowest BCUT2D eigenvalue weighted by Crippen LogP contribution is -2.29. The molecule has 0 saturated heterocycles. The number of anilines is 1. The zero-order chi connectivity index (χ0) is 21.6. The fraction of sp³-hybridized carbons (Fsp3) is 0.0833. The smallest absolute Gasteiger partial charge is 0.275 e. The number of rotatable bonds is 6. The normalized spacial score (nSPS) is 10.4. The molecule has 0 atom stereocenters. The minimum atomic E-state index is -0.372. The van der Waals surface area contributed by atoms with Crippen LogP contribution in [0.2, 0.25) is 0 Å². The number of benzene rings is 3. The third-order valence-corrected chi connectivity index (χ3v) is 4.63. The van der Waals surface area contributed by atoms with Gasteiger partial charge < -0.3 is 10.1 Å². The summed E-state index contributed by atoms with van der Waals surface area (Å²) in [6.45, 7) is 0.0963. The maximum atomic E-state index is 12.5. The molecule has 0 saturated carbocycles. The Balaban J connectivity index is 1.41. The summed E-state index contributed by atoms with van der Waals surface area (Å²) in [5.41, 5.74) is 1.67. The zero-order valence-corrected chi connectivity index (χ0v) is 16.5. The van der Waals surface area contributed by atoms with Crippen molar-refractivity contribution in [2.75, 3.05) is 5.32 Å². The number of nitriles is 1. The molecule has 0 unspecified atom stereocenters. The Morgan fingerprint density at radius 3 is 2.77 bits per heavy atom. The van der Waals surface area contributed by atoms with E-state index in [0.717, 1.165) is 15.6 Å². The van der Waals surface area contributed by atoms with Crippen LogP contribution in [0.3, 0.4) is 0 Å². The Morgan fingerprint density at radius 2 is 1.90 bits per heavy atom. The molecular formula is C24H18N4O3. The number of carbonyl (C=O) groups excluding carboxylic acids is 1. The highest BCUT2D eigenvalue weighted by molar-refractivity contribution is 5.91. The van der Waals surface area contributed by atoms with Gasteiger partial charge in [-0.3, -0.25) is 9.59 Å². The lowest BCUT2D eigenvalue weighted by Gasteiger charge is -2.10. The van der Waals surface area contributed by atoms with Gasteiger partial charge in [0.2, 0.25) is 5.91 Å². The van der Waals surface area contributed by atoms with Crippen LogP contribution in [0.25, 0.3) is 10.8 Å². The monoisotopic (exact) mass is 410 g/mol. The second-order valence-electron chi connectivity index (χ2n) is 6.87. The summed E-state index contributed by atoms with van der Waals surface area (Å²) in [5, 5.41) is 17.1. The van der Waals surface area contributed by atoms with E-state index in [2.05, 4.69) is 16.5 Å². The van der Waals surface area contributed by atoms with E-state index in [-0.39, 0.29) is 18.0 Å². The summed E-state index contributed by atoms with van der Waals surface area (Å²) in [7, 11) is 0. The second kappa shape index (κ2) is 8.93. The van der Waals surface area contributed by atoms with Gasteiger partial charge in [-0.1, -0.05) is 36.4 Å². The van der Waals surface area contributed by atoms with Gasteiger partial charge in [-0.15, -0.1) is 0 Å². The lowest BCUT2D eigenvalue weighted by atomic mass is 10.1. The van der Waals surface area contributed by atoms with Crippen molar-refractivity contribution in [2.45, 2.75) is 13.2 Å². The molecule has 0 radical (unpaired) electrons. The number of nitrogens with one attached hydrogen (secondary N) is 1. The molecule has 7 nitrogen and oxygen atoms in total. The molecule has 1 N–H and O–H groups in total. The summed E-state index contributed by atoms with van der Waals surface area (Å²) in [6.07, 6.45) is 1.57. The van der Waals surface area contributed by atoms with Crippen LogP contribution in [0.5, 0.6) is 5.75 Å². The van der Waals surface area contributed by atoms with Crippen LogP contribution in [-0.4, -0.2) is 15.7 Å². The second-order valence-corrected chi connectivity index (χ2v) is 6.87. The van der Waals surface area contributed by atoms with Crippen LogP contribution in [0.4, 0.5) is 5.69 Å². The van der Waals surface area contributed by atoms with E-state index < -0.39 is 0 Å². The molecular weight excluding hydrogens is 392 g/mol. The number of fused-ring (bicyclic) bond motifs is 1. The van der Waals surface area contributed by atoms with E-state index in [1.165, 1.54) is 0 Å². The third kappa shape index (κ3) is 4.77. The summed E-state index contributed by atoms with van der Waals surface area (Å²) < 4.78 is 6.91. The van der Waals surface area contributed by atoms with Gasteiger partial charge in [0, 0.05) is 17.1 Å². The fourth-order valence-corrected chi connectivity index (χ4v) is 3.14. The first-order valence-electron chi connectivity index (χ1n) is 9.59. The molecule has 152 valence electrons. The predicted molar refractivity (Wildman–Crippen MR) is 117 cm³/mol. The number of carbonyl (C=O) groups is 1. The Labute approximate surface area is 178 Å². The van der Waals surface area contributed by atoms with E-state index >= 15 is 0 Å². The summed E-state index contributed by atoms with van der Waals surface area (Å²) >= 11 is 0. The summed E-state index contributed by atoms with van der Waals surface area (Å²) in [4.78, 5) is 25.0. The standard InChI is InChI=1S/C24H18N4O3/c25-13-17-5-3-6-18(11-17)16-31-21-9-4-8-20(12-21)27-23(29)15-28-24(30)22-10-2-1-7-19(22)14-26-28/h1-12,14H,15-16H2,(H,27,29). The van der Waals surface area contributed by atoms with Gasteiger partial charge >= 0.3 is 0 Å². The number of hydrogen-bond donors (Lipinski definition) is 1. The molecule has 3 aromatic carbocycles. The molecule has 31 heavy (non-hydrogen) atoms. The molecule has 0 bridgehead atoms. The average Bonchev–Trinajstić information content (AvgIpc) is 2.80. The molecule has 0 aliphatic rings. The van der Waals surface area contributed by atoms with Crippen molar-refractivity contribution in [3.8, 4) is 11.8 Å². The number of amides is 1. The van der Waals surface area contributed by atoms with E-state index in [4.69, 9.17) is 10.00 Å². The molecule has 0 spiro atoms. The summed E-state index contributed by atoms with van der Waals surface area (Å²) in [5.74, 6) is 0.199. The van der Waals surface area contributed by atoms with E-state index in [1.807, 2.05) is 12.1 Å². The van der Waals surface area contributed by atoms with Gasteiger partial charge in [0.25, 0.3) is 5.56 Å². The molecule has 1 heterocycles. The molecule has 4 rings (SSSR count). The maximum Gasteiger partial charge on any atom is 0.275 e. The first-order chi connectivity index (χ1) is 15.1. The Morgan fingerprint density at radius 1 is 1.06 bits per heavy atom. The van der Waals surface area contributed by atoms with Gasteiger partial charge in [-0.2, -0.15) is 10.4 Å². The van der Waals surface area contributed by atoms with Crippen molar-refractivity contribution >= 4 is 22.4 Å². The largest absolute Gasteiger partial charge is 0.489 e. The molecule has 7 heteroatoms. The van der Waals surface area contributed by atoms with Crippen molar-refractivity contribution in [3.05, 3.63) is 100 Å². The van der Waals surface area contributed by atoms with Crippen LogP contribution in [0.15, 0.2) is 83.8 Å². The Hall–Kier alpha value is -4.44. The van der Waals surface area contributed by atoms with Gasteiger partial charge in [-0.25, -0.2) is 4.68 Å². The molecule has 0 aliphatic carbocycles. The summed E-state index contributed by atoms with van der Waals surface area (Å²) in [6, 6.07) is 23.4. The average molecular weight is 410 g/mol. The van der Waals surface area contributed by atoms with Crippen molar-refractivity contribution in [1.82, 2.24) is 9.78 Å². The molecule has 1 aromatic heterocycles. The zero-order valence-electron chi connectivity index (χ0n) is 16.5. The minimum Gasteiger partial charge on any atom is -0.489 e. The number of ether oxygens (including phenoxy) is 1. The molecule has 0 aliphatic heterocycles. The van der Waals surface area contributed by atoms with E-state index in [0.29, 0.717) is 29.0 Å². The van der Waals surface area contributed by atoms with Gasteiger partial charge in [0.1, 0.15) is 18.9 Å². The van der Waals surface area contributed by atoms with E-state index in [9.17, 15) is 9.59 Å². The predicted octanol–water partition coefficient (Wildman–Crippen LogP) is 3.49. The van der Waals surface area contributed by atoms with Gasteiger partial charge in [0.05, 0.1) is 23.2 Å². The van der Waals surface area contributed by atoms with Crippen molar-refractivity contribution in [2.24, 2.45) is 0 Å². The van der Waals surface area contributed by atoms with Gasteiger partial charge in [0.15, 0.2) is 0 Å². The first kappa shape index (κ1) is 19.9. The Bertz CT molecular complexity index is 1350. The highest BCUT2D eigenvalue weighted by atomic mass is 16.5. The lowest BCUT2D eigenvalue weighted by molar-refractivity contribution is -0.117. The van der Waals surface area contributed by atoms with Crippen LogP contribution in [0.1, 0.15) is 11.1 Å². The van der Waals surface area contributed by atoms with Crippen LogP contribution in [0, 0.1) is 11.3 Å². The first-order valence-corrected chi connectivity index (χ1v) is 9.59. The number of hydrogen-bond acceptors (Lipinski definition) is 5. The molecule has 0 fully saturated rings. The van der Waals surface area contributed by atoms with Crippen LogP contribution < -0.4 is 15.6 Å². The van der Waals surface area contributed by atoms with Gasteiger partial charge in [-0.05, 0) is 35.9 Å². The number of nitrogens with zero attached hydrogens (tertiary/aromatic N) is 3. The molecule has 4 aromatic rings. The topological polar surface area (TPSA) is 97.0 Å². The van der Waals surface area contributed by atoms with Crippen molar-refractivity contribution in [3.63, 3.8) is 0 Å².